The number of ether oxygens (including phenoxy) is 1. The molecule has 0 saturated carbocycles. The monoisotopic (exact) mass is 397 g/mol. The first-order valence-corrected chi connectivity index (χ1v) is 9.91. The van der Waals surface area contributed by atoms with E-state index in [2.05, 4.69) is 29.7 Å². The molecule has 0 saturated heterocycles. The summed E-state index contributed by atoms with van der Waals surface area (Å²) in [7, 11) is 3.35. The van der Waals surface area contributed by atoms with Crippen molar-refractivity contribution in [2.45, 2.75) is 32.2 Å². The quantitative estimate of drug-likeness (QED) is 0.646. The number of hydrogen-bond donors (Lipinski definition) is 2. The zero-order valence-corrected chi connectivity index (χ0v) is 17.6. The molecule has 0 unspecified atom stereocenters. The maximum Gasteiger partial charge on any atom is 0.238 e. The fourth-order valence-electron chi connectivity index (χ4n) is 3.06. The lowest BCUT2D eigenvalue weighted by molar-refractivity contribution is -0.126. The Kier molecular flexibility index (Phi) is 8.68. The van der Waals surface area contributed by atoms with E-state index in [0.29, 0.717) is 18.0 Å². The highest BCUT2D eigenvalue weighted by Crippen LogP contribution is 2.18. The Hall–Kier alpha value is -2.86. The Labute approximate surface area is 173 Å². The van der Waals surface area contributed by atoms with Crippen LogP contribution in [0.2, 0.25) is 0 Å². The van der Waals surface area contributed by atoms with Crippen molar-refractivity contribution in [1.82, 2.24) is 10.2 Å². The van der Waals surface area contributed by atoms with Gasteiger partial charge >= 0.3 is 0 Å². The summed E-state index contributed by atoms with van der Waals surface area (Å²) in [5, 5.41) is 5.85. The molecule has 2 N–H and O–H groups in total. The minimum absolute atomic E-state index is 0.0870. The van der Waals surface area contributed by atoms with E-state index < -0.39 is 6.04 Å². The number of carbonyl (C=O) groups is 2. The van der Waals surface area contributed by atoms with Gasteiger partial charge in [0.15, 0.2) is 0 Å². The molecule has 0 spiro atoms. The van der Waals surface area contributed by atoms with Crippen molar-refractivity contribution in [3.63, 3.8) is 0 Å². The standard InChI is InChI=1S/C23H31N3O3/c1-5-18(19-10-7-6-8-11-19)15-24-23(28)17(2)26(3)16-22(27)25-20-12-9-13-21(14-20)29-4/h6-14,17-18H,5,15-16H2,1-4H3,(H,24,28)(H,25,27)/t17-,18+/m1/s1. The van der Waals surface area contributed by atoms with Gasteiger partial charge in [0, 0.05) is 24.2 Å². The van der Waals surface area contributed by atoms with Gasteiger partial charge in [-0.05, 0) is 38.1 Å². The van der Waals surface area contributed by atoms with Gasteiger partial charge in [-0.3, -0.25) is 14.5 Å². The molecule has 2 aromatic rings. The van der Waals surface area contributed by atoms with Crippen LogP contribution in [0.5, 0.6) is 5.75 Å². The summed E-state index contributed by atoms with van der Waals surface area (Å²) in [6, 6.07) is 16.9. The molecule has 29 heavy (non-hydrogen) atoms. The molecule has 2 aromatic carbocycles. The van der Waals surface area contributed by atoms with Gasteiger partial charge in [0.25, 0.3) is 0 Å². The number of carbonyl (C=O) groups excluding carboxylic acids is 2. The van der Waals surface area contributed by atoms with Gasteiger partial charge in [0.2, 0.25) is 11.8 Å². The molecule has 0 aliphatic heterocycles. The Morgan fingerprint density at radius 3 is 2.48 bits per heavy atom. The summed E-state index contributed by atoms with van der Waals surface area (Å²) in [5.74, 6) is 0.675. The largest absolute Gasteiger partial charge is 0.497 e. The van der Waals surface area contributed by atoms with Crippen LogP contribution in [0.1, 0.15) is 31.7 Å². The zero-order chi connectivity index (χ0) is 21.2. The third-order valence-corrected chi connectivity index (χ3v) is 5.07. The lowest BCUT2D eigenvalue weighted by atomic mass is 9.96. The van der Waals surface area contributed by atoms with Gasteiger partial charge in [0.05, 0.1) is 19.7 Å². The summed E-state index contributed by atoms with van der Waals surface area (Å²) in [5.41, 5.74) is 1.88. The molecule has 0 fully saturated rings. The minimum atomic E-state index is -0.417. The molecular formula is C23H31N3O3. The fourth-order valence-corrected chi connectivity index (χ4v) is 3.06. The second kappa shape index (κ2) is 11.2. The van der Waals surface area contributed by atoms with Crippen LogP contribution in [0.15, 0.2) is 54.6 Å². The predicted molar refractivity (Wildman–Crippen MR) is 116 cm³/mol. The van der Waals surface area contributed by atoms with E-state index >= 15 is 0 Å². The van der Waals surface area contributed by atoms with Crippen molar-refractivity contribution >= 4 is 17.5 Å². The van der Waals surface area contributed by atoms with Crippen LogP contribution in [0.3, 0.4) is 0 Å². The first-order chi connectivity index (χ1) is 13.9. The molecule has 0 aliphatic rings. The third kappa shape index (κ3) is 6.91. The predicted octanol–water partition coefficient (Wildman–Crippen LogP) is 3.26. The molecule has 0 aromatic heterocycles. The van der Waals surface area contributed by atoms with Crippen LogP contribution in [-0.4, -0.2) is 50.0 Å². The molecular weight excluding hydrogens is 366 g/mol. The molecule has 0 bridgehead atoms. The number of nitrogens with one attached hydrogen (secondary N) is 2. The lowest BCUT2D eigenvalue weighted by Gasteiger charge is -2.24. The molecule has 156 valence electrons. The minimum Gasteiger partial charge on any atom is -0.497 e. The van der Waals surface area contributed by atoms with E-state index in [9.17, 15) is 9.59 Å². The summed E-state index contributed by atoms with van der Waals surface area (Å²) >= 11 is 0. The zero-order valence-electron chi connectivity index (χ0n) is 17.6. The van der Waals surface area contributed by atoms with Crippen LogP contribution < -0.4 is 15.4 Å². The molecule has 0 radical (unpaired) electrons. The van der Waals surface area contributed by atoms with Crippen molar-refractivity contribution in [2.24, 2.45) is 0 Å². The number of methoxy groups -OCH3 is 1. The average molecular weight is 398 g/mol. The van der Waals surface area contributed by atoms with Crippen molar-refractivity contribution < 1.29 is 14.3 Å². The Morgan fingerprint density at radius 1 is 1.10 bits per heavy atom. The first kappa shape index (κ1) is 22.4. The van der Waals surface area contributed by atoms with Crippen molar-refractivity contribution in [1.29, 1.82) is 0 Å². The Morgan fingerprint density at radius 2 is 1.83 bits per heavy atom. The molecule has 2 amide bonds. The number of anilines is 1. The molecule has 2 rings (SSSR count). The SMILES string of the molecule is CC[C@@H](CNC(=O)[C@@H](C)N(C)CC(=O)Nc1cccc(OC)c1)c1ccccc1. The molecule has 6 heteroatoms. The van der Waals surface area contributed by atoms with Crippen LogP contribution in [-0.2, 0) is 9.59 Å². The molecule has 0 heterocycles. The topological polar surface area (TPSA) is 70.7 Å². The van der Waals surface area contributed by atoms with Gasteiger partial charge in [-0.25, -0.2) is 0 Å². The summed E-state index contributed by atoms with van der Waals surface area (Å²) < 4.78 is 5.16. The highest BCUT2D eigenvalue weighted by molar-refractivity contribution is 5.93. The van der Waals surface area contributed by atoms with E-state index in [1.807, 2.05) is 30.3 Å². The average Bonchev–Trinajstić information content (AvgIpc) is 2.74. The maximum atomic E-state index is 12.6. The smallest absolute Gasteiger partial charge is 0.238 e. The van der Waals surface area contributed by atoms with E-state index in [-0.39, 0.29) is 24.3 Å². The Balaban J connectivity index is 1.84. The molecule has 2 atom stereocenters. The lowest BCUT2D eigenvalue weighted by Crippen LogP contribution is -2.46. The third-order valence-electron chi connectivity index (χ3n) is 5.07. The first-order valence-electron chi connectivity index (χ1n) is 9.91. The maximum absolute atomic E-state index is 12.6. The number of benzene rings is 2. The fraction of sp³-hybridized carbons (Fsp3) is 0.391. The second-order valence-electron chi connectivity index (χ2n) is 7.13. The van der Waals surface area contributed by atoms with E-state index in [1.54, 1.807) is 38.1 Å². The van der Waals surface area contributed by atoms with E-state index in [0.717, 1.165) is 6.42 Å². The highest BCUT2D eigenvalue weighted by Gasteiger charge is 2.21. The summed E-state index contributed by atoms with van der Waals surface area (Å²) in [6.07, 6.45) is 0.942. The second-order valence-corrected chi connectivity index (χ2v) is 7.13. The van der Waals surface area contributed by atoms with Gasteiger partial charge in [-0.1, -0.05) is 43.3 Å². The number of hydrogen-bond acceptors (Lipinski definition) is 4. The highest BCUT2D eigenvalue weighted by atomic mass is 16.5. The van der Waals surface area contributed by atoms with E-state index in [1.165, 1.54) is 5.56 Å². The number of amides is 2. The number of nitrogens with zero attached hydrogens (tertiary/aromatic N) is 1. The van der Waals surface area contributed by atoms with Gasteiger partial charge in [-0.2, -0.15) is 0 Å². The Bertz CT molecular complexity index is 795. The van der Waals surface area contributed by atoms with Gasteiger partial charge < -0.3 is 15.4 Å². The number of likely N-dealkylation sites (N-methyl/N-ethyl adjacent to an activating group) is 1. The summed E-state index contributed by atoms with van der Waals surface area (Å²) in [6.45, 7) is 4.61. The number of rotatable bonds is 10. The molecule has 6 nitrogen and oxygen atoms in total. The van der Waals surface area contributed by atoms with Crippen LogP contribution >= 0.6 is 0 Å². The van der Waals surface area contributed by atoms with E-state index in [4.69, 9.17) is 4.74 Å². The van der Waals surface area contributed by atoms with Crippen LogP contribution in [0, 0.1) is 0 Å². The van der Waals surface area contributed by atoms with Gasteiger partial charge in [-0.15, -0.1) is 0 Å². The van der Waals surface area contributed by atoms with Crippen molar-refractivity contribution in [3.05, 3.63) is 60.2 Å². The van der Waals surface area contributed by atoms with Crippen molar-refractivity contribution in [3.8, 4) is 5.75 Å². The van der Waals surface area contributed by atoms with Crippen LogP contribution in [0.25, 0.3) is 0 Å². The van der Waals surface area contributed by atoms with Crippen LogP contribution in [0.4, 0.5) is 5.69 Å². The normalized spacial score (nSPS) is 12.9. The van der Waals surface area contributed by atoms with Gasteiger partial charge in [0.1, 0.15) is 5.75 Å². The molecule has 0 aliphatic carbocycles. The summed E-state index contributed by atoms with van der Waals surface area (Å²) in [4.78, 5) is 26.6. The van der Waals surface area contributed by atoms with Crippen molar-refractivity contribution in [2.75, 3.05) is 32.6 Å².